The molecule has 4 aliphatic rings. The fourth-order valence-corrected chi connectivity index (χ4v) is 11.9. The van der Waals surface area contributed by atoms with Crippen molar-refractivity contribution in [3.05, 3.63) is 86.4 Å². The van der Waals surface area contributed by atoms with Gasteiger partial charge in [-0.3, -0.25) is 4.79 Å². The van der Waals surface area contributed by atoms with Crippen molar-refractivity contribution in [1.82, 2.24) is 4.31 Å². The Kier molecular flexibility index (Phi) is 11.1. The number of fused-ring (bicyclic) bond motifs is 8. The maximum Gasteiger partial charge on any atom is 0.252 e. The van der Waals surface area contributed by atoms with Gasteiger partial charge in [-0.05, 0) is 117 Å². The van der Waals surface area contributed by atoms with Crippen LogP contribution in [0.5, 0.6) is 0 Å². The fraction of sp³-hybridized carbons (Fsp3) is 0.564. The van der Waals surface area contributed by atoms with Crippen LogP contribution in [-0.2, 0) is 22.9 Å². The lowest BCUT2D eigenvalue weighted by Gasteiger charge is -2.46. The zero-order valence-electron chi connectivity index (χ0n) is 28.4. The third-order valence-electron chi connectivity index (χ3n) is 11.6. The topological polar surface area (TPSA) is 94.9 Å². The molecule has 0 unspecified atom stereocenters. The molecule has 2 heterocycles. The van der Waals surface area contributed by atoms with Gasteiger partial charge in [0.2, 0.25) is 0 Å². The molecule has 4 atom stereocenters. The molecule has 0 radical (unpaired) electrons. The molecule has 6 nitrogen and oxygen atoms in total. The molecule has 3 aromatic rings. The van der Waals surface area contributed by atoms with Gasteiger partial charge in [0, 0.05) is 34.9 Å². The van der Waals surface area contributed by atoms with E-state index in [1.54, 1.807) is 28.8 Å². The highest BCUT2D eigenvalue weighted by Gasteiger charge is 2.58. The number of aliphatic hydroxyl groups is 2. The number of hydrogen-bond donors (Lipinski definition) is 2. The highest BCUT2D eigenvalue weighted by Crippen LogP contribution is 2.59. The van der Waals surface area contributed by atoms with Crippen molar-refractivity contribution in [2.45, 2.75) is 119 Å². The predicted octanol–water partition coefficient (Wildman–Crippen LogP) is 8.54. The molecule has 4 aliphatic carbocycles. The number of rotatable bonds is 9. The average Bonchev–Trinajstić information content (AvgIpc) is 3.85. The molecule has 0 aliphatic heterocycles. The smallest absolute Gasteiger partial charge is 0.252 e. The summed E-state index contributed by atoms with van der Waals surface area (Å²) in [5, 5.41) is 27.7. The van der Waals surface area contributed by atoms with Crippen molar-refractivity contribution < 1.29 is 23.4 Å². The third kappa shape index (κ3) is 7.47. The number of ketones is 1. The van der Waals surface area contributed by atoms with Gasteiger partial charge in [0.1, 0.15) is 4.21 Å². The second-order valence-electron chi connectivity index (χ2n) is 14.7. The van der Waals surface area contributed by atoms with Crippen LogP contribution in [0, 0.1) is 11.3 Å². The Bertz CT molecular complexity index is 1680. The molecular weight excluding hydrogens is 659 g/mol. The van der Waals surface area contributed by atoms with Crippen LogP contribution in [0.25, 0.3) is 0 Å². The summed E-state index contributed by atoms with van der Waals surface area (Å²) >= 11 is 2.83. The molecule has 2 fully saturated rings. The van der Waals surface area contributed by atoms with Crippen molar-refractivity contribution in [2.24, 2.45) is 11.3 Å². The van der Waals surface area contributed by atoms with Gasteiger partial charge in [-0.15, -0.1) is 22.7 Å². The number of nitrogens with zero attached hydrogens (tertiary/aromatic N) is 1. The van der Waals surface area contributed by atoms with Gasteiger partial charge in [-0.2, -0.15) is 4.31 Å². The Morgan fingerprint density at radius 1 is 1.00 bits per heavy atom. The van der Waals surface area contributed by atoms with E-state index in [0.717, 1.165) is 60.1 Å². The maximum absolute atomic E-state index is 14.3. The van der Waals surface area contributed by atoms with Crippen LogP contribution in [0.3, 0.4) is 0 Å². The molecule has 0 spiro atoms. The number of carbonyl (C=O) groups is 1. The van der Waals surface area contributed by atoms with Crippen LogP contribution >= 0.6 is 22.7 Å². The number of aliphatic hydroxyl groups excluding tert-OH is 1. The Hall–Kier alpha value is -2.14. The second-order valence-corrected chi connectivity index (χ2v) is 18.9. The summed E-state index contributed by atoms with van der Waals surface area (Å²) in [5.74, 6) is 0.0705. The highest BCUT2D eigenvalue weighted by molar-refractivity contribution is 7.91. The van der Waals surface area contributed by atoms with Crippen LogP contribution in [0.4, 0.5) is 0 Å². The largest absolute Gasteiger partial charge is 0.393 e. The van der Waals surface area contributed by atoms with E-state index >= 15 is 0 Å². The van der Waals surface area contributed by atoms with E-state index in [1.807, 2.05) is 23.6 Å². The zero-order chi connectivity index (χ0) is 33.9. The van der Waals surface area contributed by atoms with Gasteiger partial charge < -0.3 is 10.2 Å². The Labute approximate surface area is 295 Å². The molecule has 0 amide bonds. The second kappa shape index (κ2) is 15.0. The number of allylic oxidation sites excluding steroid dienone is 2. The zero-order valence-corrected chi connectivity index (χ0v) is 30.9. The summed E-state index contributed by atoms with van der Waals surface area (Å²) in [6.45, 7) is 4.53. The Balaban J connectivity index is 1.41. The molecule has 1 aromatic carbocycles. The summed E-state index contributed by atoms with van der Waals surface area (Å²) in [6.07, 6.45) is 11.9. The number of sulfonamides is 1. The standard InChI is InChI=1S/C39H51NO5S3/c1-28-9-6-20-38(2)35(33-17-15-29(25-31(41)16-14-28)26-34(33)37(42)30-10-4-3-5-11-30)18-21-39(38,43)27-40(22-19-32-12-7-23-46-32)48(44,45)36-13-8-24-47-36/h7-9,12-13,15,17,23-24,26,30-31,35,41,43H,3-6,10-11,14,16,18-22,25,27H2,1-2H3/t31-,35-,38-,39+/m0/s1. The van der Waals surface area contributed by atoms with Gasteiger partial charge in [-0.1, -0.05) is 62.1 Å². The molecule has 48 heavy (non-hydrogen) atoms. The van der Waals surface area contributed by atoms with Gasteiger partial charge in [0.15, 0.2) is 5.78 Å². The highest BCUT2D eigenvalue weighted by atomic mass is 32.2. The van der Waals surface area contributed by atoms with Crippen molar-refractivity contribution in [2.75, 3.05) is 13.1 Å². The summed E-state index contributed by atoms with van der Waals surface area (Å²) < 4.78 is 30.1. The summed E-state index contributed by atoms with van der Waals surface area (Å²) in [5.41, 5.74) is 1.91. The van der Waals surface area contributed by atoms with Gasteiger partial charge >= 0.3 is 0 Å². The first-order valence-electron chi connectivity index (χ1n) is 17.8. The predicted molar refractivity (Wildman–Crippen MR) is 195 cm³/mol. The van der Waals surface area contributed by atoms with Gasteiger partial charge in [-0.25, -0.2) is 8.42 Å². The normalized spacial score (nSPS) is 27.5. The van der Waals surface area contributed by atoms with Gasteiger partial charge in [0.25, 0.3) is 10.0 Å². The summed E-state index contributed by atoms with van der Waals surface area (Å²) in [6, 6.07) is 13.6. The first-order valence-corrected chi connectivity index (χ1v) is 21.0. The van der Waals surface area contributed by atoms with Crippen molar-refractivity contribution in [1.29, 1.82) is 0 Å². The van der Waals surface area contributed by atoms with Crippen LogP contribution in [0.1, 0.15) is 117 Å². The van der Waals surface area contributed by atoms with Crippen LogP contribution in [-0.4, -0.2) is 53.5 Å². The van der Waals surface area contributed by atoms with E-state index in [2.05, 4.69) is 32.1 Å². The molecule has 2 saturated carbocycles. The first kappa shape index (κ1) is 35.7. The molecular formula is C39H51NO5S3. The molecule has 7 rings (SSSR count). The van der Waals surface area contributed by atoms with E-state index in [-0.39, 0.29) is 30.7 Å². The average molecular weight is 710 g/mol. The molecule has 260 valence electrons. The molecule has 0 saturated heterocycles. The Morgan fingerprint density at radius 2 is 1.77 bits per heavy atom. The molecule has 2 bridgehead atoms. The number of hydrogen-bond acceptors (Lipinski definition) is 7. The van der Waals surface area contributed by atoms with Crippen molar-refractivity contribution in [3.8, 4) is 0 Å². The molecule has 9 heteroatoms. The van der Waals surface area contributed by atoms with Crippen LogP contribution < -0.4 is 0 Å². The van der Waals surface area contributed by atoms with Crippen LogP contribution in [0.15, 0.2) is 69.1 Å². The fourth-order valence-electron chi connectivity index (χ4n) is 8.60. The minimum Gasteiger partial charge on any atom is -0.393 e. The maximum atomic E-state index is 14.3. The van der Waals surface area contributed by atoms with Crippen molar-refractivity contribution >= 4 is 38.5 Å². The van der Waals surface area contributed by atoms with E-state index in [1.165, 1.54) is 27.6 Å². The summed E-state index contributed by atoms with van der Waals surface area (Å²) in [7, 11) is -3.84. The number of carbonyl (C=O) groups excluding carboxylic acids is 1. The lowest BCUT2D eigenvalue weighted by Crippen LogP contribution is -2.54. The van der Waals surface area contributed by atoms with E-state index in [4.69, 9.17) is 0 Å². The first-order chi connectivity index (χ1) is 23.0. The van der Waals surface area contributed by atoms with E-state index in [0.29, 0.717) is 42.7 Å². The summed E-state index contributed by atoms with van der Waals surface area (Å²) in [4.78, 5) is 15.5. The number of Topliss-reactive ketones (excluding diaryl/α,β-unsaturated/α-hetero) is 1. The minimum atomic E-state index is -3.84. The third-order valence-corrected chi connectivity index (χ3v) is 15.8. The lowest BCUT2D eigenvalue weighted by molar-refractivity contribution is -0.0722. The number of thiophene rings is 2. The SMILES string of the molecule is CC1=CCC[C@@]2(C)[C@@H](CC[C@@]2(O)CN(CCc2cccs2)S(=O)(=O)c2cccs2)c2ccc(cc2C(=O)C2CCCCC2)C[C@@H](O)CC1. The lowest BCUT2D eigenvalue weighted by atomic mass is 9.64. The monoisotopic (exact) mass is 709 g/mol. The van der Waals surface area contributed by atoms with E-state index in [9.17, 15) is 23.4 Å². The Morgan fingerprint density at radius 3 is 2.50 bits per heavy atom. The van der Waals surface area contributed by atoms with Crippen LogP contribution in [0.2, 0.25) is 0 Å². The quantitative estimate of drug-likeness (QED) is 0.172. The molecule has 2 N–H and O–H groups in total. The van der Waals surface area contributed by atoms with Crippen molar-refractivity contribution in [3.63, 3.8) is 0 Å². The molecule has 2 aromatic heterocycles. The number of benzene rings is 1. The van der Waals surface area contributed by atoms with E-state index < -0.39 is 27.1 Å². The minimum absolute atomic E-state index is 0.00244. The van der Waals surface area contributed by atoms with Gasteiger partial charge in [0.05, 0.1) is 11.7 Å².